The number of hydrogen-bond acceptors (Lipinski definition) is 7. The smallest absolute Gasteiger partial charge is 0.339 e. The predicted molar refractivity (Wildman–Crippen MR) is 152 cm³/mol. The second-order valence-electron chi connectivity index (χ2n) is 8.79. The van der Waals surface area contributed by atoms with Crippen LogP contribution in [0.3, 0.4) is 0 Å². The van der Waals surface area contributed by atoms with E-state index in [0.717, 1.165) is 30.2 Å². The van der Waals surface area contributed by atoms with Crippen molar-refractivity contribution >= 4 is 51.9 Å². The summed E-state index contributed by atoms with van der Waals surface area (Å²) in [4.78, 5) is 26.2. The Bertz CT molecular complexity index is 1180. The van der Waals surface area contributed by atoms with Crippen molar-refractivity contribution in [1.82, 2.24) is 0 Å². The molecule has 0 bridgehead atoms. The van der Waals surface area contributed by atoms with Gasteiger partial charge in [-0.3, -0.25) is 9.69 Å². The van der Waals surface area contributed by atoms with E-state index in [9.17, 15) is 19.8 Å². The highest BCUT2D eigenvalue weighted by Gasteiger charge is 2.34. The van der Waals surface area contributed by atoms with Crippen LogP contribution in [-0.2, 0) is 4.79 Å². The molecule has 9 heteroatoms. The van der Waals surface area contributed by atoms with Crippen LogP contribution in [-0.4, -0.2) is 39.1 Å². The highest BCUT2D eigenvalue weighted by molar-refractivity contribution is 8.27. The third-order valence-electron chi connectivity index (χ3n) is 5.87. The number of carbonyl (C=O) groups is 2. The van der Waals surface area contributed by atoms with E-state index in [1.807, 2.05) is 25.1 Å². The Kier molecular flexibility index (Phi) is 10.4. The fourth-order valence-corrected chi connectivity index (χ4v) is 5.27. The molecule has 7 nitrogen and oxygen atoms in total. The van der Waals surface area contributed by atoms with Crippen LogP contribution in [0.2, 0.25) is 0 Å². The summed E-state index contributed by atoms with van der Waals surface area (Å²) in [5.74, 6) is -0.773. The Labute approximate surface area is 227 Å². The van der Waals surface area contributed by atoms with E-state index in [-0.39, 0.29) is 33.3 Å². The third-order valence-corrected chi connectivity index (χ3v) is 7.17. The van der Waals surface area contributed by atoms with Crippen molar-refractivity contribution in [1.29, 1.82) is 0 Å². The van der Waals surface area contributed by atoms with E-state index < -0.39 is 5.97 Å². The lowest BCUT2D eigenvalue weighted by Gasteiger charge is -2.18. The molecule has 2 aromatic carbocycles. The van der Waals surface area contributed by atoms with Crippen molar-refractivity contribution in [2.45, 2.75) is 65.4 Å². The fourth-order valence-electron chi connectivity index (χ4n) is 3.97. The number of carboxylic acid groups (broad SMARTS) is 1. The van der Waals surface area contributed by atoms with Gasteiger partial charge in [0.25, 0.3) is 5.91 Å². The largest absolute Gasteiger partial charge is 0.507 e. The fraction of sp³-hybridized carbons (Fsp3) is 0.393. The number of phenols is 1. The van der Waals surface area contributed by atoms with Crippen LogP contribution < -0.4 is 14.4 Å². The molecule has 1 saturated heterocycles. The molecular weight excluding hydrogens is 510 g/mol. The standard InChI is InChI=1S/C28H33NO6S2/c1-4-6-7-8-9-10-18(3)35-23-14-11-19(15-24(23)34-5-2)16-25-26(31)29(28(36)37-25)20-12-13-22(30)21(17-20)27(32)33/h11-18,30H,4-10H2,1-3H3,(H,32,33)/b25-16+/t18-/m0/s1. The molecule has 1 fully saturated rings. The summed E-state index contributed by atoms with van der Waals surface area (Å²) in [7, 11) is 0. The van der Waals surface area contributed by atoms with Crippen molar-refractivity contribution < 1.29 is 29.3 Å². The molecule has 1 aliphatic heterocycles. The summed E-state index contributed by atoms with van der Waals surface area (Å²) in [5, 5.41) is 19.1. The topological polar surface area (TPSA) is 96.3 Å². The minimum Gasteiger partial charge on any atom is -0.507 e. The first-order chi connectivity index (χ1) is 17.7. The number of amides is 1. The molecule has 3 rings (SSSR count). The maximum Gasteiger partial charge on any atom is 0.339 e. The van der Waals surface area contributed by atoms with Gasteiger partial charge >= 0.3 is 5.97 Å². The van der Waals surface area contributed by atoms with E-state index in [0.29, 0.717) is 23.0 Å². The minimum absolute atomic E-state index is 0.0592. The first-order valence-electron chi connectivity index (χ1n) is 12.5. The quantitative estimate of drug-likeness (QED) is 0.158. The SMILES string of the molecule is CCCCCCC[C@H](C)Oc1ccc(/C=C2/SC(=S)N(c3ccc(O)c(C(=O)O)c3)C2=O)cc1OCC. The zero-order valence-corrected chi connectivity index (χ0v) is 23.0. The summed E-state index contributed by atoms with van der Waals surface area (Å²) in [6.07, 6.45) is 8.83. The minimum atomic E-state index is -1.29. The average Bonchev–Trinajstić information content (AvgIpc) is 3.13. The molecule has 0 unspecified atom stereocenters. The molecule has 0 spiro atoms. The number of carbonyl (C=O) groups excluding carboxylic acids is 1. The van der Waals surface area contributed by atoms with Gasteiger partial charge in [-0.25, -0.2) is 4.79 Å². The van der Waals surface area contributed by atoms with Gasteiger partial charge in [0.1, 0.15) is 11.3 Å². The number of hydrogen-bond donors (Lipinski definition) is 2. The first-order valence-corrected chi connectivity index (χ1v) is 13.7. The normalized spacial score (nSPS) is 15.3. The van der Waals surface area contributed by atoms with E-state index >= 15 is 0 Å². The van der Waals surface area contributed by atoms with Crippen LogP contribution in [0, 0.1) is 0 Å². The number of thioether (sulfide) groups is 1. The van der Waals surface area contributed by atoms with Crippen molar-refractivity contribution in [3.05, 3.63) is 52.4 Å². The number of aromatic carboxylic acids is 1. The van der Waals surface area contributed by atoms with Gasteiger partial charge < -0.3 is 19.7 Å². The van der Waals surface area contributed by atoms with Crippen molar-refractivity contribution in [3.8, 4) is 17.2 Å². The van der Waals surface area contributed by atoms with E-state index in [1.54, 1.807) is 6.08 Å². The molecule has 1 aliphatic rings. The molecule has 1 heterocycles. The van der Waals surface area contributed by atoms with Crippen molar-refractivity contribution in [2.75, 3.05) is 11.5 Å². The molecular formula is C28H33NO6S2. The lowest BCUT2D eigenvalue weighted by atomic mass is 10.1. The molecule has 0 saturated carbocycles. The second kappa shape index (κ2) is 13.5. The van der Waals surface area contributed by atoms with Crippen LogP contribution in [0.25, 0.3) is 6.08 Å². The van der Waals surface area contributed by atoms with Gasteiger partial charge in [-0.1, -0.05) is 62.7 Å². The van der Waals surface area contributed by atoms with Crippen LogP contribution >= 0.6 is 24.0 Å². The summed E-state index contributed by atoms with van der Waals surface area (Å²) >= 11 is 6.53. The van der Waals surface area contributed by atoms with Crippen molar-refractivity contribution in [2.24, 2.45) is 0 Å². The molecule has 1 amide bonds. The van der Waals surface area contributed by atoms with Gasteiger partial charge in [-0.15, -0.1) is 0 Å². The Balaban J connectivity index is 1.76. The van der Waals surface area contributed by atoms with E-state index in [2.05, 4.69) is 13.8 Å². The molecule has 37 heavy (non-hydrogen) atoms. The maximum absolute atomic E-state index is 13.2. The van der Waals surface area contributed by atoms with E-state index in [4.69, 9.17) is 21.7 Å². The molecule has 2 aromatic rings. The highest BCUT2D eigenvalue weighted by Crippen LogP contribution is 2.38. The van der Waals surface area contributed by atoms with Gasteiger partial charge in [0.15, 0.2) is 15.8 Å². The zero-order chi connectivity index (χ0) is 26.9. The third kappa shape index (κ3) is 7.49. The number of thiocarbonyl (C=S) groups is 1. The summed E-state index contributed by atoms with van der Waals surface area (Å²) in [5.41, 5.74) is 0.728. The van der Waals surface area contributed by atoms with Gasteiger partial charge in [-0.05, 0) is 68.7 Å². The van der Waals surface area contributed by atoms with Gasteiger partial charge in [0, 0.05) is 0 Å². The molecule has 0 radical (unpaired) electrons. The number of benzene rings is 2. The Hall–Kier alpha value is -3.04. The maximum atomic E-state index is 13.2. The average molecular weight is 544 g/mol. The lowest BCUT2D eigenvalue weighted by molar-refractivity contribution is -0.113. The molecule has 0 aromatic heterocycles. The van der Waals surface area contributed by atoms with Crippen LogP contribution in [0.5, 0.6) is 17.2 Å². The zero-order valence-electron chi connectivity index (χ0n) is 21.4. The second-order valence-corrected chi connectivity index (χ2v) is 10.5. The molecule has 198 valence electrons. The van der Waals surface area contributed by atoms with Crippen LogP contribution in [0.1, 0.15) is 75.2 Å². The Morgan fingerprint density at radius 2 is 1.86 bits per heavy atom. The number of rotatable bonds is 13. The molecule has 2 N–H and O–H groups in total. The number of unbranched alkanes of at least 4 members (excludes halogenated alkanes) is 4. The Morgan fingerprint density at radius 3 is 2.57 bits per heavy atom. The van der Waals surface area contributed by atoms with Gasteiger partial charge in [-0.2, -0.15) is 0 Å². The predicted octanol–water partition coefficient (Wildman–Crippen LogP) is 7.02. The summed E-state index contributed by atoms with van der Waals surface area (Å²) in [6, 6.07) is 9.48. The first kappa shape index (κ1) is 28.5. The van der Waals surface area contributed by atoms with Gasteiger partial charge in [0.05, 0.1) is 23.3 Å². The number of nitrogens with zero attached hydrogens (tertiary/aromatic N) is 1. The molecule has 0 aliphatic carbocycles. The van der Waals surface area contributed by atoms with Crippen LogP contribution in [0.15, 0.2) is 41.3 Å². The van der Waals surface area contributed by atoms with Gasteiger partial charge in [0.2, 0.25) is 0 Å². The number of carboxylic acids is 1. The number of aromatic hydroxyl groups is 1. The monoisotopic (exact) mass is 543 g/mol. The summed E-state index contributed by atoms with van der Waals surface area (Å²) < 4.78 is 12.3. The lowest BCUT2D eigenvalue weighted by Crippen LogP contribution is -2.27. The highest BCUT2D eigenvalue weighted by atomic mass is 32.2. The number of ether oxygens (including phenoxy) is 2. The van der Waals surface area contributed by atoms with Crippen molar-refractivity contribution in [3.63, 3.8) is 0 Å². The Morgan fingerprint density at radius 1 is 1.11 bits per heavy atom. The van der Waals surface area contributed by atoms with E-state index in [1.165, 1.54) is 48.8 Å². The number of anilines is 1. The molecule has 1 atom stereocenters. The van der Waals surface area contributed by atoms with Crippen LogP contribution in [0.4, 0.5) is 5.69 Å². The summed E-state index contributed by atoms with van der Waals surface area (Å²) in [6.45, 7) is 6.65.